The zero-order valence-corrected chi connectivity index (χ0v) is 14.7. The van der Waals surface area contributed by atoms with Gasteiger partial charge in [-0.3, -0.25) is 9.59 Å². The maximum Gasteiger partial charge on any atom is 0.262 e. The van der Waals surface area contributed by atoms with Gasteiger partial charge in [0, 0.05) is 24.0 Å². The summed E-state index contributed by atoms with van der Waals surface area (Å²) in [5, 5.41) is 3.07. The number of rotatable bonds is 3. The van der Waals surface area contributed by atoms with Crippen LogP contribution in [0.5, 0.6) is 0 Å². The van der Waals surface area contributed by atoms with Crippen LogP contribution in [0, 0.1) is 0 Å². The third-order valence-corrected chi connectivity index (χ3v) is 5.43. The van der Waals surface area contributed by atoms with Gasteiger partial charge in [-0.1, -0.05) is 23.9 Å². The first-order chi connectivity index (χ1) is 11.1. The second-order valence-corrected chi connectivity index (χ2v) is 7.19. The van der Waals surface area contributed by atoms with E-state index in [4.69, 9.17) is 4.74 Å². The molecule has 1 aromatic rings. The number of aliphatic imine (C=N–C) groups is 1. The normalized spacial score (nSPS) is 21.3. The zero-order chi connectivity index (χ0) is 16.2. The lowest BCUT2D eigenvalue weighted by atomic mass is 10.2. The fraction of sp³-hybridized carbons (Fsp3) is 0.400. The highest BCUT2D eigenvalue weighted by Crippen LogP contribution is 2.28. The van der Waals surface area contributed by atoms with Gasteiger partial charge in [-0.05, 0) is 28.1 Å². The topological polar surface area (TPSA) is 71.0 Å². The van der Waals surface area contributed by atoms with Crippen LogP contribution in [0.25, 0.3) is 0 Å². The maximum atomic E-state index is 12.2. The molecule has 1 saturated heterocycles. The van der Waals surface area contributed by atoms with Crippen molar-refractivity contribution in [3.05, 3.63) is 28.7 Å². The van der Waals surface area contributed by atoms with Crippen molar-refractivity contribution in [1.82, 2.24) is 4.90 Å². The minimum atomic E-state index is -0.449. The van der Waals surface area contributed by atoms with E-state index in [-0.39, 0.29) is 18.2 Å². The van der Waals surface area contributed by atoms with E-state index >= 15 is 0 Å². The van der Waals surface area contributed by atoms with Crippen LogP contribution in [0.3, 0.4) is 0 Å². The first-order valence-electron chi connectivity index (χ1n) is 7.30. The Kier molecular flexibility index (Phi) is 5.34. The summed E-state index contributed by atoms with van der Waals surface area (Å²) < 4.78 is 6.10. The van der Waals surface area contributed by atoms with Gasteiger partial charge < -0.3 is 15.0 Å². The number of halogens is 1. The number of anilines is 1. The summed E-state index contributed by atoms with van der Waals surface area (Å²) in [6.07, 6.45) is 0.113. The molecule has 1 atom stereocenters. The molecule has 2 aliphatic rings. The van der Waals surface area contributed by atoms with Gasteiger partial charge in [0.05, 0.1) is 18.9 Å². The Morgan fingerprint density at radius 2 is 2.13 bits per heavy atom. The largest absolute Gasteiger partial charge is 0.378 e. The van der Waals surface area contributed by atoms with Crippen LogP contribution in [0.15, 0.2) is 33.7 Å². The van der Waals surface area contributed by atoms with Gasteiger partial charge in [-0.25, -0.2) is 0 Å². The van der Waals surface area contributed by atoms with Crippen LogP contribution in [0.4, 0.5) is 5.69 Å². The monoisotopic (exact) mass is 397 g/mol. The predicted molar refractivity (Wildman–Crippen MR) is 93.6 cm³/mol. The van der Waals surface area contributed by atoms with Crippen molar-refractivity contribution in [3.63, 3.8) is 0 Å². The number of carbonyl (C=O) groups excluding carboxylic acids is 2. The summed E-state index contributed by atoms with van der Waals surface area (Å²) >= 11 is 4.75. The molecule has 0 aliphatic carbocycles. The Labute approximate surface area is 146 Å². The first-order valence-corrected chi connectivity index (χ1v) is 8.97. The van der Waals surface area contributed by atoms with Crippen LogP contribution in [-0.2, 0) is 14.3 Å². The number of amides is 2. The number of ether oxygens (including phenoxy) is 1. The van der Waals surface area contributed by atoms with Crippen molar-refractivity contribution < 1.29 is 14.3 Å². The number of carbonyl (C=O) groups is 2. The van der Waals surface area contributed by atoms with Crippen LogP contribution in [0.2, 0.25) is 0 Å². The second-order valence-electron chi connectivity index (χ2n) is 5.17. The highest BCUT2D eigenvalue weighted by Gasteiger charge is 2.33. The molecule has 0 radical (unpaired) electrons. The lowest BCUT2D eigenvalue weighted by molar-refractivity contribution is -0.121. The highest BCUT2D eigenvalue weighted by atomic mass is 79.9. The van der Waals surface area contributed by atoms with E-state index in [1.807, 2.05) is 23.1 Å². The van der Waals surface area contributed by atoms with Crippen molar-refractivity contribution in [1.29, 1.82) is 0 Å². The molecule has 1 aromatic carbocycles. The van der Waals surface area contributed by atoms with Crippen molar-refractivity contribution in [2.75, 3.05) is 31.6 Å². The van der Waals surface area contributed by atoms with Gasteiger partial charge in [0.25, 0.3) is 5.91 Å². The smallest absolute Gasteiger partial charge is 0.262 e. The van der Waals surface area contributed by atoms with Gasteiger partial charge in [-0.15, -0.1) is 0 Å². The molecular formula is C15H16BrN3O3S. The van der Waals surface area contributed by atoms with E-state index in [1.165, 1.54) is 11.8 Å². The summed E-state index contributed by atoms with van der Waals surface area (Å²) in [6, 6.07) is 7.38. The van der Waals surface area contributed by atoms with Gasteiger partial charge >= 0.3 is 0 Å². The molecule has 8 heteroatoms. The fourth-order valence-corrected chi connectivity index (χ4v) is 3.83. The number of nitrogens with zero attached hydrogens (tertiary/aromatic N) is 2. The molecular weight excluding hydrogens is 382 g/mol. The van der Waals surface area contributed by atoms with E-state index in [0.29, 0.717) is 24.1 Å². The van der Waals surface area contributed by atoms with Gasteiger partial charge in [0.15, 0.2) is 5.17 Å². The molecule has 6 nitrogen and oxygen atoms in total. The van der Waals surface area contributed by atoms with E-state index in [1.54, 1.807) is 6.07 Å². The maximum absolute atomic E-state index is 12.2. The average Bonchev–Trinajstić information content (AvgIpc) is 2.91. The Hall–Kier alpha value is -1.38. The molecule has 2 amide bonds. The summed E-state index contributed by atoms with van der Waals surface area (Å²) in [5.41, 5.74) is 0.697. The molecule has 1 fully saturated rings. The number of nitrogens with one attached hydrogen (secondary N) is 1. The molecule has 2 aliphatic heterocycles. The van der Waals surface area contributed by atoms with Gasteiger partial charge in [-0.2, -0.15) is 4.99 Å². The lowest BCUT2D eigenvalue weighted by Crippen LogP contribution is -2.39. The average molecular weight is 398 g/mol. The van der Waals surface area contributed by atoms with Crippen molar-refractivity contribution >= 4 is 50.4 Å². The Morgan fingerprint density at radius 3 is 2.87 bits per heavy atom. The zero-order valence-electron chi connectivity index (χ0n) is 12.3. The first kappa shape index (κ1) is 16.5. The Morgan fingerprint density at radius 1 is 1.39 bits per heavy atom. The number of para-hydroxylation sites is 1. The molecule has 2 heterocycles. The molecule has 0 unspecified atom stereocenters. The second kappa shape index (κ2) is 7.46. The highest BCUT2D eigenvalue weighted by molar-refractivity contribution is 9.10. The van der Waals surface area contributed by atoms with E-state index in [2.05, 4.69) is 26.2 Å². The Bertz CT molecular complexity index is 647. The Balaban J connectivity index is 1.56. The number of hydrogen-bond donors (Lipinski definition) is 1. The number of amidine groups is 1. The molecule has 122 valence electrons. The van der Waals surface area contributed by atoms with E-state index in [9.17, 15) is 9.59 Å². The van der Waals surface area contributed by atoms with Gasteiger partial charge in [0.2, 0.25) is 5.91 Å². The fourth-order valence-electron chi connectivity index (χ4n) is 2.33. The van der Waals surface area contributed by atoms with Crippen LogP contribution >= 0.6 is 27.7 Å². The molecule has 1 N–H and O–H groups in total. The number of morpholine rings is 1. The number of hydrogen-bond acceptors (Lipinski definition) is 5. The molecule has 0 bridgehead atoms. The van der Waals surface area contributed by atoms with E-state index < -0.39 is 5.25 Å². The third kappa shape index (κ3) is 4.13. The van der Waals surface area contributed by atoms with E-state index in [0.717, 1.165) is 17.6 Å². The predicted octanol–water partition coefficient (Wildman–Crippen LogP) is 2.11. The van der Waals surface area contributed by atoms with Crippen LogP contribution in [-0.4, -0.2) is 53.4 Å². The summed E-state index contributed by atoms with van der Waals surface area (Å²) in [7, 11) is 0. The third-order valence-electron chi connectivity index (χ3n) is 3.53. The molecule has 0 spiro atoms. The SMILES string of the molecule is O=C(C[C@@H]1SC(N2CCOCC2)=NC1=O)Nc1ccccc1Br. The summed E-state index contributed by atoms with van der Waals surface area (Å²) in [4.78, 5) is 30.3. The minimum absolute atomic E-state index is 0.113. The van der Waals surface area contributed by atoms with Crippen LogP contribution < -0.4 is 5.32 Å². The molecule has 0 saturated carbocycles. The quantitative estimate of drug-likeness (QED) is 0.845. The molecule has 0 aromatic heterocycles. The standard InChI is InChI=1S/C15H16BrN3O3S/c16-10-3-1-2-4-11(10)17-13(20)9-12-14(21)18-15(23-12)19-5-7-22-8-6-19/h1-4,12H,5-9H2,(H,17,20)/t12-/m0/s1. The van der Waals surface area contributed by atoms with Gasteiger partial charge in [0.1, 0.15) is 5.25 Å². The number of thioether (sulfide) groups is 1. The van der Waals surface area contributed by atoms with Crippen molar-refractivity contribution in [2.45, 2.75) is 11.7 Å². The minimum Gasteiger partial charge on any atom is -0.378 e. The molecule has 3 rings (SSSR count). The summed E-state index contributed by atoms with van der Waals surface area (Å²) in [5.74, 6) is -0.431. The molecule has 23 heavy (non-hydrogen) atoms. The lowest BCUT2D eigenvalue weighted by Gasteiger charge is -2.27. The number of benzene rings is 1. The van der Waals surface area contributed by atoms with Crippen molar-refractivity contribution in [2.24, 2.45) is 4.99 Å². The van der Waals surface area contributed by atoms with Crippen LogP contribution in [0.1, 0.15) is 6.42 Å². The van der Waals surface area contributed by atoms with Crippen molar-refractivity contribution in [3.8, 4) is 0 Å². The summed E-state index contributed by atoms with van der Waals surface area (Å²) in [6.45, 7) is 2.74.